The molecule has 1 aliphatic carbocycles. The maximum Gasteiger partial charge on any atom is 0.406 e. The molecule has 0 aromatic carbocycles. The number of likely N-dealkylation sites (tertiary alicyclic amines) is 1. The number of imidazole rings is 1. The second kappa shape index (κ2) is 8.97. The van der Waals surface area contributed by atoms with E-state index >= 15 is 0 Å². The first-order valence-electron chi connectivity index (χ1n) is 11.4. The second-order valence-corrected chi connectivity index (χ2v) is 9.28. The van der Waals surface area contributed by atoms with E-state index in [1.165, 1.54) is 19.1 Å². The van der Waals surface area contributed by atoms with Gasteiger partial charge in [0.25, 0.3) is 0 Å². The van der Waals surface area contributed by atoms with Gasteiger partial charge in [0, 0.05) is 58.7 Å². The predicted octanol–water partition coefficient (Wildman–Crippen LogP) is 2.46. The highest BCUT2D eigenvalue weighted by atomic mass is 19.4. The standard InChI is InChI=1S/C22H28F3N9/c1-31(20-19-21(29-13-28-20)34(14-30-19)12-22(23,24)25)7-8-33-10-15-3-4-17(16(15)11-33)32(2)18-9-26-5-6-27-18/h5-6,9,13-17H,3-4,7-8,10-12H2,1-2H3/t15-,16+,17-/m1/s1. The zero-order chi connectivity index (χ0) is 23.9. The molecule has 5 rings (SSSR count). The van der Waals surface area contributed by atoms with Gasteiger partial charge in [0.15, 0.2) is 17.0 Å². The Morgan fingerprint density at radius 2 is 1.91 bits per heavy atom. The first-order valence-corrected chi connectivity index (χ1v) is 11.4. The Bertz CT molecular complexity index is 1120. The Hall–Kier alpha value is -3.02. The zero-order valence-electron chi connectivity index (χ0n) is 19.2. The van der Waals surface area contributed by atoms with Gasteiger partial charge in [0.2, 0.25) is 0 Å². The molecule has 0 bridgehead atoms. The first kappa shape index (κ1) is 22.8. The molecule has 9 nitrogen and oxygen atoms in total. The van der Waals surface area contributed by atoms with Crippen molar-refractivity contribution in [3.8, 4) is 0 Å². The molecule has 3 aromatic heterocycles. The quantitative estimate of drug-likeness (QED) is 0.516. The van der Waals surface area contributed by atoms with Crippen LogP contribution < -0.4 is 9.80 Å². The summed E-state index contributed by atoms with van der Waals surface area (Å²) in [6.07, 6.45) is 5.74. The van der Waals surface area contributed by atoms with Crippen LogP contribution in [0.15, 0.2) is 31.2 Å². The van der Waals surface area contributed by atoms with Gasteiger partial charge >= 0.3 is 6.18 Å². The van der Waals surface area contributed by atoms with Crippen molar-refractivity contribution in [1.82, 2.24) is 34.4 Å². The number of fused-ring (bicyclic) bond motifs is 2. The van der Waals surface area contributed by atoms with E-state index in [-0.39, 0.29) is 5.65 Å². The van der Waals surface area contributed by atoms with Gasteiger partial charge in [-0.25, -0.2) is 19.9 Å². The molecule has 2 fully saturated rings. The van der Waals surface area contributed by atoms with Crippen LogP contribution in [-0.2, 0) is 6.54 Å². The van der Waals surface area contributed by atoms with Crippen LogP contribution >= 0.6 is 0 Å². The van der Waals surface area contributed by atoms with Crippen LogP contribution in [0.2, 0.25) is 0 Å². The van der Waals surface area contributed by atoms with Gasteiger partial charge < -0.3 is 19.3 Å². The smallest absolute Gasteiger partial charge is 0.356 e. The largest absolute Gasteiger partial charge is 0.406 e. The lowest BCUT2D eigenvalue weighted by molar-refractivity contribution is -0.140. The Kier molecular flexibility index (Phi) is 6.00. The Labute approximate surface area is 195 Å². The van der Waals surface area contributed by atoms with Crippen molar-refractivity contribution in [3.05, 3.63) is 31.2 Å². The van der Waals surface area contributed by atoms with Gasteiger partial charge in [0.1, 0.15) is 18.7 Å². The van der Waals surface area contributed by atoms with E-state index in [0.29, 0.717) is 35.8 Å². The molecule has 3 atom stereocenters. The molecule has 0 unspecified atom stereocenters. The van der Waals surface area contributed by atoms with E-state index < -0.39 is 12.7 Å². The lowest BCUT2D eigenvalue weighted by Gasteiger charge is -2.30. The number of hydrogen-bond donors (Lipinski definition) is 0. The third-order valence-corrected chi connectivity index (χ3v) is 7.15. The Morgan fingerprint density at radius 1 is 1.06 bits per heavy atom. The molecule has 3 aromatic rings. The molecule has 1 aliphatic heterocycles. The number of rotatable bonds is 7. The maximum atomic E-state index is 12.9. The monoisotopic (exact) mass is 475 g/mol. The van der Waals surface area contributed by atoms with Crippen LogP contribution in [0.5, 0.6) is 0 Å². The van der Waals surface area contributed by atoms with Gasteiger partial charge in [-0.1, -0.05) is 0 Å². The number of anilines is 2. The fourth-order valence-electron chi connectivity index (χ4n) is 5.49. The normalized spacial score (nSPS) is 22.9. The summed E-state index contributed by atoms with van der Waals surface area (Å²) in [6, 6.07) is 0.448. The lowest BCUT2D eigenvalue weighted by Crippen LogP contribution is -2.39. The van der Waals surface area contributed by atoms with Crippen molar-refractivity contribution in [2.75, 3.05) is 50.1 Å². The predicted molar refractivity (Wildman–Crippen MR) is 122 cm³/mol. The van der Waals surface area contributed by atoms with E-state index in [2.05, 4.69) is 41.8 Å². The number of likely N-dealkylation sites (N-methyl/N-ethyl adjacent to an activating group) is 1. The zero-order valence-corrected chi connectivity index (χ0v) is 19.2. The van der Waals surface area contributed by atoms with Crippen molar-refractivity contribution in [1.29, 1.82) is 0 Å². The van der Waals surface area contributed by atoms with Gasteiger partial charge in [-0.3, -0.25) is 4.98 Å². The van der Waals surface area contributed by atoms with Crippen molar-refractivity contribution in [2.45, 2.75) is 31.6 Å². The van der Waals surface area contributed by atoms with E-state index in [4.69, 9.17) is 0 Å². The van der Waals surface area contributed by atoms with Crippen molar-refractivity contribution in [2.24, 2.45) is 11.8 Å². The van der Waals surface area contributed by atoms with E-state index in [1.54, 1.807) is 12.4 Å². The second-order valence-electron chi connectivity index (χ2n) is 9.28. The lowest BCUT2D eigenvalue weighted by atomic mass is 9.97. The van der Waals surface area contributed by atoms with Crippen LogP contribution in [0.3, 0.4) is 0 Å². The summed E-state index contributed by atoms with van der Waals surface area (Å²) in [5.74, 6) is 2.70. The summed E-state index contributed by atoms with van der Waals surface area (Å²) in [5, 5.41) is 0. The highest BCUT2D eigenvalue weighted by molar-refractivity contribution is 5.83. The maximum absolute atomic E-state index is 12.9. The summed E-state index contributed by atoms with van der Waals surface area (Å²) in [5.41, 5.74) is 0.581. The number of alkyl halides is 3. The number of aromatic nitrogens is 6. The third kappa shape index (κ3) is 4.50. The third-order valence-electron chi connectivity index (χ3n) is 7.15. The summed E-state index contributed by atoms with van der Waals surface area (Å²) in [4.78, 5) is 27.9. The Morgan fingerprint density at radius 3 is 2.68 bits per heavy atom. The number of halogens is 3. The molecule has 12 heteroatoms. The van der Waals surface area contributed by atoms with Gasteiger partial charge in [-0.2, -0.15) is 13.2 Å². The van der Waals surface area contributed by atoms with Gasteiger partial charge in [-0.15, -0.1) is 0 Å². The highest BCUT2D eigenvalue weighted by Crippen LogP contribution is 2.41. The summed E-state index contributed by atoms with van der Waals surface area (Å²) >= 11 is 0. The average Bonchev–Trinajstić information content (AvgIpc) is 3.51. The van der Waals surface area contributed by atoms with Crippen LogP contribution in [0, 0.1) is 11.8 Å². The van der Waals surface area contributed by atoms with Gasteiger partial charge in [-0.05, 0) is 24.7 Å². The molecule has 34 heavy (non-hydrogen) atoms. The summed E-state index contributed by atoms with van der Waals surface area (Å²) in [6.45, 7) is 2.50. The molecule has 0 radical (unpaired) electrons. The molecular formula is C22H28F3N9. The first-order chi connectivity index (χ1) is 16.3. The van der Waals surface area contributed by atoms with E-state index in [9.17, 15) is 13.2 Å². The van der Waals surface area contributed by atoms with Crippen LogP contribution in [0.4, 0.5) is 24.8 Å². The van der Waals surface area contributed by atoms with E-state index in [1.807, 2.05) is 18.1 Å². The van der Waals surface area contributed by atoms with Crippen molar-refractivity contribution < 1.29 is 13.2 Å². The van der Waals surface area contributed by atoms with E-state index in [0.717, 1.165) is 36.4 Å². The molecule has 1 saturated carbocycles. The van der Waals surface area contributed by atoms with Crippen LogP contribution in [0.1, 0.15) is 12.8 Å². The summed E-state index contributed by atoms with van der Waals surface area (Å²) in [7, 11) is 4.00. The minimum atomic E-state index is -4.34. The number of hydrogen-bond acceptors (Lipinski definition) is 8. The molecular weight excluding hydrogens is 447 g/mol. The molecule has 0 amide bonds. The minimum Gasteiger partial charge on any atom is -0.356 e. The molecule has 2 aliphatic rings. The Balaban J connectivity index is 1.21. The van der Waals surface area contributed by atoms with Gasteiger partial charge in [0.05, 0.1) is 12.5 Å². The SMILES string of the molecule is CN(CCN1C[C@H]2CC[C@@H](N(C)c3cnccn3)[C@H]2C1)c1ncnc2c1ncn2CC(F)(F)F. The fourth-order valence-corrected chi connectivity index (χ4v) is 5.49. The van der Waals surface area contributed by atoms with Crippen LogP contribution in [0.25, 0.3) is 11.2 Å². The van der Waals surface area contributed by atoms with Crippen molar-refractivity contribution in [3.63, 3.8) is 0 Å². The van der Waals surface area contributed by atoms with Crippen molar-refractivity contribution >= 4 is 22.8 Å². The molecule has 1 saturated heterocycles. The highest BCUT2D eigenvalue weighted by Gasteiger charge is 2.44. The molecule has 4 heterocycles. The van der Waals surface area contributed by atoms with Crippen LogP contribution in [-0.4, -0.2) is 86.9 Å². The number of nitrogens with zero attached hydrogens (tertiary/aromatic N) is 9. The molecule has 0 spiro atoms. The topological polar surface area (TPSA) is 79.1 Å². The molecule has 182 valence electrons. The average molecular weight is 476 g/mol. The fraction of sp³-hybridized carbons (Fsp3) is 0.591. The summed E-state index contributed by atoms with van der Waals surface area (Å²) < 4.78 is 39.6. The molecule has 0 N–H and O–H groups in total. The minimum absolute atomic E-state index is 0.194.